The zero-order valence-electron chi connectivity index (χ0n) is 8.16. The average molecular weight is 193 g/mol. The largest absolute Gasteiger partial charge is 0.359 e. The molecule has 1 heterocycles. The van der Waals surface area contributed by atoms with Crippen molar-refractivity contribution < 1.29 is 0 Å². The quantitative estimate of drug-likeness (QED) is 0.708. The third-order valence-electron chi connectivity index (χ3n) is 2.38. The second-order valence-corrected chi connectivity index (χ2v) is 4.74. The molecular formula is C11H15NS. The summed E-state index contributed by atoms with van der Waals surface area (Å²) >= 11 is 1.96. The van der Waals surface area contributed by atoms with Crippen LogP contribution in [-0.2, 0) is 0 Å². The second kappa shape index (κ2) is 3.62. The van der Waals surface area contributed by atoms with E-state index in [1.54, 1.807) is 0 Å². The van der Waals surface area contributed by atoms with Crippen LogP contribution in [0, 0.1) is 0 Å². The molecule has 0 N–H and O–H groups in total. The Kier molecular flexibility index (Phi) is 2.49. The van der Waals surface area contributed by atoms with Crippen molar-refractivity contribution in [2.75, 3.05) is 11.4 Å². The first-order valence-electron chi connectivity index (χ1n) is 4.85. The minimum atomic E-state index is 0.609. The minimum absolute atomic E-state index is 0.609. The summed E-state index contributed by atoms with van der Waals surface area (Å²) in [5.41, 5.74) is 1.42. The first kappa shape index (κ1) is 8.95. The predicted octanol–water partition coefficient (Wildman–Crippen LogP) is 3.35. The van der Waals surface area contributed by atoms with Crippen LogP contribution in [0.25, 0.3) is 0 Å². The second-order valence-electron chi connectivity index (χ2n) is 3.38. The number of anilines is 1. The van der Waals surface area contributed by atoms with Gasteiger partial charge in [0.1, 0.15) is 0 Å². The van der Waals surface area contributed by atoms with Gasteiger partial charge in [0.05, 0.1) is 11.1 Å². The van der Waals surface area contributed by atoms with Gasteiger partial charge < -0.3 is 4.90 Å². The van der Waals surface area contributed by atoms with E-state index in [1.807, 2.05) is 11.8 Å². The normalized spacial score (nSPS) is 20.5. The van der Waals surface area contributed by atoms with Crippen LogP contribution in [0.1, 0.15) is 20.3 Å². The van der Waals surface area contributed by atoms with Gasteiger partial charge in [0.2, 0.25) is 0 Å². The molecule has 1 aliphatic heterocycles. The van der Waals surface area contributed by atoms with Crippen LogP contribution in [-0.4, -0.2) is 11.9 Å². The summed E-state index contributed by atoms with van der Waals surface area (Å²) in [6.45, 7) is 5.68. The van der Waals surface area contributed by atoms with Gasteiger partial charge in [-0.05, 0) is 25.5 Å². The number of hydrogen-bond donors (Lipinski definition) is 0. The van der Waals surface area contributed by atoms with Crippen LogP contribution in [0.15, 0.2) is 29.2 Å². The van der Waals surface area contributed by atoms with Gasteiger partial charge in [0.25, 0.3) is 0 Å². The number of nitrogens with zero attached hydrogens (tertiary/aromatic N) is 1. The Morgan fingerprint density at radius 1 is 1.38 bits per heavy atom. The summed E-state index contributed by atoms with van der Waals surface area (Å²) in [6.07, 6.45) is 1.22. The molecule has 0 aliphatic carbocycles. The molecule has 70 valence electrons. The van der Waals surface area contributed by atoms with Gasteiger partial charge in [0, 0.05) is 11.4 Å². The smallest absolute Gasteiger partial charge is 0.0769 e. The average Bonchev–Trinajstić information content (AvgIpc) is 2.44. The Labute approximate surface area is 84.1 Å². The van der Waals surface area contributed by atoms with Crippen LogP contribution in [0.4, 0.5) is 5.69 Å². The lowest BCUT2D eigenvalue weighted by Gasteiger charge is -2.22. The lowest BCUT2D eigenvalue weighted by atomic mass is 10.3. The van der Waals surface area contributed by atoms with Crippen molar-refractivity contribution in [1.82, 2.24) is 0 Å². The molecule has 1 atom stereocenters. The lowest BCUT2D eigenvalue weighted by Crippen LogP contribution is -2.27. The molecule has 1 nitrogen and oxygen atoms in total. The molecule has 0 bridgehead atoms. The third kappa shape index (κ3) is 1.55. The van der Waals surface area contributed by atoms with Crippen molar-refractivity contribution in [3.05, 3.63) is 24.3 Å². The highest BCUT2D eigenvalue weighted by Gasteiger charge is 2.24. The van der Waals surface area contributed by atoms with Gasteiger partial charge >= 0.3 is 0 Å². The topological polar surface area (TPSA) is 3.24 Å². The van der Waals surface area contributed by atoms with E-state index in [9.17, 15) is 0 Å². The highest BCUT2D eigenvalue weighted by atomic mass is 32.2. The van der Waals surface area contributed by atoms with E-state index in [2.05, 4.69) is 43.0 Å². The molecule has 0 spiro atoms. The molecule has 0 fully saturated rings. The van der Waals surface area contributed by atoms with Gasteiger partial charge in [-0.2, -0.15) is 0 Å². The number of hydrogen-bond acceptors (Lipinski definition) is 2. The lowest BCUT2D eigenvalue weighted by molar-refractivity contribution is 0.769. The van der Waals surface area contributed by atoms with Gasteiger partial charge in [0.15, 0.2) is 0 Å². The van der Waals surface area contributed by atoms with Crippen molar-refractivity contribution in [3.63, 3.8) is 0 Å². The summed E-state index contributed by atoms with van der Waals surface area (Å²) in [5.74, 6) is 0. The molecule has 0 saturated heterocycles. The highest BCUT2D eigenvalue weighted by molar-refractivity contribution is 8.00. The maximum Gasteiger partial charge on any atom is 0.0769 e. The zero-order chi connectivity index (χ0) is 9.26. The maximum atomic E-state index is 2.49. The van der Waals surface area contributed by atoms with Gasteiger partial charge in [-0.15, -0.1) is 0 Å². The molecule has 2 rings (SSSR count). The summed E-state index contributed by atoms with van der Waals surface area (Å²) in [6, 6.07) is 8.68. The van der Waals surface area contributed by atoms with E-state index in [-0.39, 0.29) is 0 Å². The molecule has 0 radical (unpaired) electrons. The fourth-order valence-corrected chi connectivity index (χ4v) is 2.96. The summed E-state index contributed by atoms with van der Waals surface area (Å²) < 4.78 is 0. The first-order chi connectivity index (χ1) is 6.33. The fourth-order valence-electron chi connectivity index (χ4n) is 1.78. The SMILES string of the molecule is CCCN1c2ccccc2SC1C. The Balaban J connectivity index is 2.29. The van der Waals surface area contributed by atoms with Crippen molar-refractivity contribution in [3.8, 4) is 0 Å². The predicted molar refractivity (Wildman–Crippen MR) is 59.4 cm³/mol. The molecule has 1 aliphatic rings. The summed E-state index contributed by atoms with van der Waals surface area (Å²) in [5, 5.41) is 0.609. The van der Waals surface area contributed by atoms with Gasteiger partial charge in [-0.3, -0.25) is 0 Å². The third-order valence-corrected chi connectivity index (χ3v) is 3.57. The van der Waals surface area contributed by atoms with E-state index in [0.29, 0.717) is 5.37 Å². The Hall–Kier alpha value is -0.630. The number of fused-ring (bicyclic) bond motifs is 1. The Bertz CT molecular complexity index is 298. The van der Waals surface area contributed by atoms with Crippen LogP contribution < -0.4 is 4.90 Å². The summed E-state index contributed by atoms with van der Waals surface area (Å²) in [7, 11) is 0. The van der Waals surface area contributed by atoms with Gasteiger partial charge in [-0.25, -0.2) is 0 Å². The van der Waals surface area contributed by atoms with Crippen LogP contribution in [0.3, 0.4) is 0 Å². The fraction of sp³-hybridized carbons (Fsp3) is 0.455. The molecule has 1 aromatic carbocycles. The molecule has 0 saturated carbocycles. The molecule has 2 heteroatoms. The zero-order valence-corrected chi connectivity index (χ0v) is 8.97. The maximum absolute atomic E-state index is 2.49. The number of thioether (sulfide) groups is 1. The van der Waals surface area contributed by atoms with Crippen LogP contribution >= 0.6 is 11.8 Å². The van der Waals surface area contributed by atoms with E-state index >= 15 is 0 Å². The van der Waals surface area contributed by atoms with E-state index in [1.165, 1.54) is 23.5 Å². The van der Waals surface area contributed by atoms with Gasteiger partial charge in [-0.1, -0.05) is 30.8 Å². The Morgan fingerprint density at radius 3 is 2.92 bits per heavy atom. The molecule has 13 heavy (non-hydrogen) atoms. The molecular weight excluding hydrogens is 178 g/mol. The molecule has 1 unspecified atom stereocenters. The molecule has 1 aromatic rings. The molecule has 0 aromatic heterocycles. The van der Waals surface area contributed by atoms with E-state index in [0.717, 1.165) is 0 Å². The highest BCUT2D eigenvalue weighted by Crippen LogP contribution is 2.42. The minimum Gasteiger partial charge on any atom is -0.359 e. The van der Waals surface area contributed by atoms with Crippen molar-refractivity contribution in [2.45, 2.75) is 30.5 Å². The number of benzene rings is 1. The summed E-state index contributed by atoms with van der Waals surface area (Å²) in [4.78, 5) is 3.92. The van der Waals surface area contributed by atoms with Crippen LogP contribution in [0.5, 0.6) is 0 Å². The molecule has 0 amide bonds. The standard InChI is InChI=1S/C11H15NS/c1-3-8-12-9(2)13-11-7-5-4-6-10(11)12/h4-7,9H,3,8H2,1-2H3. The van der Waals surface area contributed by atoms with E-state index in [4.69, 9.17) is 0 Å². The Morgan fingerprint density at radius 2 is 2.15 bits per heavy atom. The monoisotopic (exact) mass is 193 g/mol. The number of para-hydroxylation sites is 1. The van der Waals surface area contributed by atoms with Crippen molar-refractivity contribution in [1.29, 1.82) is 0 Å². The van der Waals surface area contributed by atoms with E-state index < -0.39 is 0 Å². The van der Waals surface area contributed by atoms with Crippen molar-refractivity contribution in [2.24, 2.45) is 0 Å². The first-order valence-corrected chi connectivity index (χ1v) is 5.73. The van der Waals surface area contributed by atoms with Crippen molar-refractivity contribution >= 4 is 17.4 Å². The number of rotatable bonds is 2. The van der Waals surface area contributed by atoms with Crippen LogP contribution in [0.2, 0.25) is 0 Å².